The number of carbonyl (C=O) groups is 2. The molecule has 0 saturated carbocycles. The number of fused-ring (bicyclic) bond motifs is 1. The summed E-state index contributed by atoms with van der Waals surface area (Å²) in [4.78, 5) is 28.6. The number of hydrogen-bond acceptors (Lipinski definition) is 6. The van der Waals surface area contributed by atoms with E-state index in [0.29, 0.717) is 11.3 Å². The fourth-order valence-corrected chi connectivity index (χ4v) is 3.82. The van der Waals surface area contributed by atoms with Crippen molar-refractivity contribution < 1.29 is 19.1 Å². The van der Waals surface area contributed by atoms with Crippen LogP contribution in [0.5, 0.6) is 5.75 Å². The fourth-order valence-electron chi connectivity index (χ4n) is 3.82. The number of piperidine rings is 1. The van der Waals surface area contributed by atoms with E-state index in [9.17, 15) is 9.59 Å². The summed E-state index contributed by atoms with van der Waals surface area (Å²) in [6, 6.07) is 3.61. The molecule has 8 nitrogen and oxygen atoms in total. The Bertz CT molecular complexity index is 871. The topological polar surface area (TPSA) is 94.5 Å². The van der Waals surface area contributed by atoms with E-state index in [4.69, 9.17) is 9.72 Å². The Morgan fingerprint density at radius 1 is 1.28 bits per heavy atom. The lowest BCUT2D eigenvalue weighted by Crippen LogP contribution is -2.28. The molecular formula is C21H30N4O4. The van der Waals surface area contributed by atoms with E-state index >= 15 is 0 Å². The molecule has 0 spiro atoms. The number of methoxy groups -OCH3 is 2. The SMILES string of the molecule is COC(=O)CCNC(=O)c1cc2nc(CCC3CCNCC3)n(C)c2cc1OC. The first kappa shape index (κ1) is 21.1. The van der Waals surface area contributed by atoms with Crippen molar-refractivity contribution in [1.29, 1.82) is 0 Å². The van der Waals surface area contributed by atoms with Crippen LogP contribution in [0.1, 0.15) is 41.9 Å². The highest BCUT2D eigenvalue weighted by Crippen LogP contribution is 2.27. The molecule has 1 amide bonds. The Balaban J connectivity index is 1.75. The first-order valence-electron chi connectivity index (χ1n) is 10.1. The van der Waals surface area contributed by atoms with E-state index in [1.165, 1.54) is 20.0 Å². The lowest BCUT2D eigenvalue weighted by molar-refractivity contribution is -0.140. The average Bonchev–Trinajstić information content (AvgIpc) is 3.06. The molecule has 2 aromatic rings. The van der Waals surface area contributed by atoms with Gasteiger partial charge in [-0.1, -0.05) is 0 Å². The molecule has 1 aliphatic heterocycles. The van der Waals surface area contributed by atoms with Crippen LogP contribution in [0.3, 0.4) is 0 Å². The van der Waals surface area contributed by atoms with Crippen molar-refractivity contribution in [3.05, 3.63) is 23.5 Å². The smallest absolute Gasteiger partial charge is 0.307 e. The van der Waals surface area contributed by atoms with Crippen LogP contribution >= 0.6 is 0 Å². The van der Waals surface area contributed by atoms with Crippen molar-refractivity contribution in [1.82, 2.24) is 20.2 Å². The number of esters is 1. The van der Waals surface area contributed by atoms with Gasteiger partial charge in [0.1, 0.15) is 11.6 Å². The summed E-state index contributed by atoms with van der Waals surface area (Å²) < 4.78 is 12.1. The number of nitrogens with one attached hydrogen (secondary N) is 2. The number of amides is 1. The van der Waals surface area contributed by atoms with Gasteiger partial charge >= 0.3 is 5.97 Å². The van der Waals surface area contributed by atoms with Gasteiger partial charge in [-0.15, -0.1) is 0 Å². The van der Waals surface area contributed by atoms with Crippen molar-refractivity contribution in [3.8, 4) is 5.75 Å². The van der Waals surface area contributed by atoms with Crippen LogP contribution in [0.4, 0.5) is 0 Å². The second-order valence-electron chi connectivity index (χ2n) is 7.44. The van der Waals surface area contributed by atoms with E-state index < -0.39 is 0 Å². The molecule has 0 atom stereocenters. The molecule has 8 heteroatoms. The van der Waals surface area contributed by atoms with Crippen LogP contribution in [-0.2, 0) is 23.0 Å². The number of ether oxygens (including phenoxy) is 2. The molecule has 0 bridgehead atoms. The summed E-state index contributed by atoms with van der Waals surface area (Å²) in [5.74, 6) is 1.58. The minimum Gasteiger partial charge on any atom is -0.496 e. The predicted octanol–water partition coefficient (Wildman–Crippen LogP) is 1.81. The van der Waals surface area contributed by atoms with Crippen molar-refractivity contribution in [2.45, 2.75) is 32.1 Å². The largest absolute Gasteiger partial charge is 0.496 e. The van der Waals surface area contributed by atoms with Crippen LogP contribution in [0.2, 0.25) is 0 Å². The van der Waals surface area contributed by atoms with Gasteiger partial charge in [-0.05, 0) is 44.3 Å². The summed E-state index contributed by atoms with van der Waals surface area (Å²) in [6.45, 7) is 2.40. The molecule has 1 fully saturated rings. The van der Waals surface area contributed by atoms with Crippen LogP contribution in [-0.4, -0.2) is 55.3 Å². The van der Waals surface area contributed by atoms with Crippen molar-refractivity contribution in [2.75, 3.05) is 33.9 Å². The highest BCUT2D eigenvalue weighted by atomic mass is 16.5. The summed E-state index contributed by atoms with van der Waals surface area (Å²) >= 11 is 0. The zero-order valence-corrected chi connectivity index (χ0v) is 17.4. The molecule has 1 aliphatic rings. The predicted molar refractivity (Wildman–Crippen MR) is 110 cm³/mol. The first-order valence-corrected chi connectivity index (χ1v) is 10.1. The van der Waals surface area contributed by atoms with E-state index in [2.05, 4.69) is 19.9 Å². The van der Waals surface area contributed by atoms with E-state index in [1.54, 1.807) is 13.2 Å². The Morgan fingerprint density at radius 3 is 2.72 bits per heavy atom. The Morgan fingerprint density at radius 2 is 2.03 bits per heavy atom. The van der Waals surface area contributed by atoms with Crippen LogP contribution in [0.25, 0.3) is 11.0 Å². The van der Waals surface area contributed by atoms with Crippen molar-refractivity contribution in [2.24, 2.45) is 13.0 Å². The molecule has 0 radical (unpaired) electrons. The Hall–Kier alpha value is -2.61. The molecule has 1 aromatic heterocycles. The number of imidazole rings is 1. The number of benzene rings is 1. The lowest BCUT2D eigenvalue weighted by atomic mass is 9.93. The fraction of sp³-hybridized carbons (Fsp3) is 0.571. The normalized spacial score (nSPS) is 14.7. The zero-order valence-electron chi connectivity index (χ0n) is 17.4. The van der Waals surface area contributed by atoms with E-state index in [0.717, 1.165) is 48.7 Å². The Kier molecular flexibility index (Phi) is 7.09. The quantitative estimate of drug-likeness (QED) is 0.654. The molecule has 0 unspecified atom stereocenters. The molecular weight excluding hydrogens is 372 g/mol. The maximum atomic E-state index is 12.6. The first-order chi connectivity index (χ1) is 14.0. The van der Waals surface area contributed by atoms with Gasteiger partial charge in [0.2, 0.25) is 0 Å². The number of nitrogens with zero attached hydrogens (tertiary/aromatic N) is 2. The third-order valence-electron chi connectivity index (χ3n) is 5.62. The summed E-state index contributed by atoms with van der Waals surface area (Å²) in [5.41, 5.74) is 2.12. The maximum Gasteiger partial charge on any atom is 0.307 e. The van der Waals surface area contributed by atoms with Gasteiger partial charge < -0.3 is 24.7 Å². The zero-order chi connectivity index (χ0) is 20.8. The molecule has 0 aliphatic carbocycles. The summed E-state index contributed by atoms with van der Waals surface area (Å²) in [6.07, 6.45) is 4.59. The minimum atomic E-state index is -0.365. The average molecular weight is 402 g/mol. The highest BCUT2D eigenvalue weighted by Gasteiger charge is 2.19. The molecule has 1 saturated heterocycles. The van der Waals surface area contributed by atoms with Crippen molar-refractivity contribution in [3.63, 3.8) is 0 Å². The summed E-state index contributed by atoms with van der Waals surface area (Å²) in [7, 11) is 4.87. The number of aromatic nitrogens is 2. The molecule has 3 rings (SSSR count). The van der Waals surface area contributed by atoms with Gasteiger partial charge in [0.25, 0.3) is 5.91 Å². The maximum absolute atomic E-state index is 12.6. The van der Waals surface area contributed by atoms with Crippen LogP contribution in [0, 0.1) is 5.92 Å². The second kappa shape index (κ2) is 9.73. The van der Waals surface area contributed by atoms with Crippen LogP contribution < -0.4 is 15.4 Å². The van der Waals surface area contributed by atoms with Gasteiger partial charge in [0.05, 0.1) is 37.2 Å². The third kappa shape index (κ3) is 5.06. The van der Waals surface area contributed by atoms with Gasteiger partial charge in [0.15, 0.2) is 0 Å². The monoisotopic (exact) mass is 402 g/mol. The number of rotatable bonds is 8. The lowest BCUT2D eigenvalue weighted by Gasteiger charge is -2.22. The number of carbonyl (C=O) groups excluding carboxylic acids is 2. The van der Waals surface area contributed by atoms with Gasteiger partial charge in [-0.3, -0.25) is 9.59 Å². The molecule has 29 heavy (non-hydrogen) atoms. The van der Waals surface area contributed by atoms with E-state index in [1.807, 2.05) is 13.1 Å². The standard InChI is InChI=1S/C21H30N4O4/c1-25-17-13-18(28-2)15(21(27)23-11-8-20(26)29-3)12-16(17)24-19(25)5-4-14-6-9-22-10-7-14/h12-14,22H,4-11H2,1-3H3,(H,23,27). The van der Waals surface area contributed by atoms with Crippen LogP contribution in [0.15, 0.2) is 12.1 Å². The molecule has 158 valence electrons. The molecule has 1 aromatic carbocycles. The minimum absolute atomic E-state index is 0.122. The highest BCUT2D eigenvalue weighted by molar-refractivity contribution is 6.00. The van der Waals surface area contributed by atoms with Gasteiger partial charge in [0, 0.05) is 26.1 Å². The van der Waals surface area contributed by atoms with E-state index in [-0.39, 0.29) is 24.8 Å². The molecule has 2 N–H and O–H groups in total. The number of hydrogen-bond donors (Lipinski definition) is 2. The molecule has 2 heterocycles. The third-order valence-corrected chi connectivity index (χ3v) is 5.62. The Labute approximate surface area is 171 Å². The van der Waals surface area contributed by atoms with Crippen molar-refractivity contribution >= 4 is 22.9 Å². The van der Waals surface area contributed by atoms with Gasteiger partial charge in [-0.25, -0.2) is 4.98 Å². The summed E-state index contributed by atoms with van der Waals surface area (Å²) in [5, 5.41) is 6.13. The number of aryl methyl sites for hydroxylation is 2. The van der Waals surface area contributed by atoms with Gasteiger partial charge in [-0.2, -0.15) is 0 Å². The second-order valence-corrected chi connectivity index (χ2v) is 7.44.